The van der Waals surface area contributed by atoms with Crippen molar-refractivity contribution in [2.75, 3.05) is 31.1 Å². The van der Waals surface area contributed by atoms with Crippen molar-refractivity contribution < 1.29 is 14.0 Å². The number of nitrogens with two attached hydrogens (primary N) is 1. The molecule has 129 valence electrons. The van der Waals surface area contributed by atoms with Crippen LogP contribution in [0.1, 0.15) is 36.2 Å². The first-order chi connectivity index (χ1) is 11.3. The number of anilines is 1. The number of halogens is 1. The average Bonchev–Trinajstić information content (AvgIpc) is 3.09. The van der Waals surface area contributed by atoms with Crippen LogP contribution in [0.2, 0.25) is 0 Å². The minimum atomic E-state index is -1.83. The molecule has 1 aromatic rings. The van der Waals surface area contributed by atoms with Crippen molar-refractivity contribution in [2.24, 2.45) is 5.73 Å². The molecule has 0 spiro atoms. The van der Waals surface area contributed by atoms with Crippen LogP contribution in [-0.4, -0.2) is 48.6 Å². The van der Waals surface area contributed by atoms with Crippen LogP contribution in [0.3, 0.4) is 0 Å². The standard InChI is InChI=1S/C18H23FN3O2/c1-12(2)10-21-8-6-18(19,11-21)17(24)22-7-5-13-9-14(16(20)23)3-4-15(13)22/h3-4,9H,5-8,10-11H2,1-2H3,(H2,20,23). The number of primary amides is 1. The number of carbonyl (C=O) groups excluding carboxylic acids is 2. The van der Waals surface area contributed by atoms with E-state index in [9.17, 15) is 9.59 Å². The summed E-state index contributed by atoms with van der Waals surface area (Å²) in [5.74, 6) is 0.240. The molecule has 2 N–H and O–H groups in total. The van der Waals surface area contributed by atoms with Crippen LogP contribution in [0, 0.1) is 5.92 Å². The number of carbonyl (C=O) groups is 2. The quantitative estimate of drug-likeness (QED) is 0.913. The van der Waals surface area contributed by atoms with E-state index in [-0.39, 0.29) is 13.0 Å². The van der Waals surface area contributed by atoms with E-state index < -0.39 is 17.5 Å². The first-order valence-electron chi connectivity index (χ1n) is 8.25. The van der Waals surface area contributed by atoms with Gasteiger partial charge in [-0.2, -0.15) is 0 Å². The Morgan fingerprint density at radius 2 is 2.04 bits per heavy atom. The Balaban J connectivity index is 1.77. The Labute approximate surface area is 141 Å². The predicted octanol–water partition coefficient (Wildman–Crippen LogP) is 1.70. The maximum absolute atomic E-state index is 15.2. The van der Waals surface area contributed by atoms with Gasteiger partial charge in [-0.05, 0) is 36.1 Å². The Kier molecular flexibility index (Phi) is 4.34. The molecule has 3 rings (SSSR count). The monoisotopic (exact) mass is 332 g/mol. The highest BCUT2D eigenvalue weighted by Crippen LogP contribution is 2.35. The second-order valence-electron chi connectivity index (χ2n) is 7.05. The molecule has 1 fully saturated rings. The molecule has 0 aromatic heterocycles. The molecule has 0 bridgehead atoms. The second-order valence-corrected chi connectivity index (χ2v) is 7.05. The van der Waals surface area contributed by atoms with Gasteiger partial charge < -0.3 is 10.6 Å². The van der Waals surface area contributed by atoms with Crippen LogP contribution in [0.25, 0.3) is 0 Å². The van der Waals surface area contributed by atoms with Crippen LogP contribution < -0.4 is 10.6 Å². The maximum Gasteiger partial charge on any atom is 0.266 e. The van der Waals surface area contributed by atoms with E-state index in [1.165, 1.54) is 10.8 Å². The molecule has 2 heterocycles. The third-order valence-electron chi connectivity index (χ3n) is 4.73. The molecule has 1 unspecified atom stereocenters. The number of hydrogen-bond donors (Lipinski definition) is 1. The lowest BCUT2D eigenvalue weighted by atomic mass is 10.0. The van der Waals surface area contributed by atoms with Gasteiger partial charge in [0.2, 0.25) is 11.6 Å². The predicted molar refractivity (Wildman–Crippen MR) is 90.5 cm³/mol. The van der Waals surface area contributed by atoms with Gasteiger partial charge in [0.1, 0.15) is 0 Å². The molecule has 1 aromatic carbocycles. The van der Waals surface area contributed by atoms with Crippen LogP contribution in [0.15, 0.2) is 18.2 Å². The highest BCUT2D eigenvalue weighted by molar-refractivity contribution is 6.02. The summed E-state index contributed by atoms with van der Waals surface area (Å²) < 4.78 is 15.2. The summed E-state index contributed by atoms with van der Waals surface area (Å²) in [7, 11) is 0. The van der Waals surface area contributed by atoms with E-state index in [0.29, 0.717) is 30.8 Å². The second kappa shape index (κ2) is 6.16. The fraction of sp³-hybridized carbons (Fsp3) is 0.500. The van der Waals surface area contributed by atoms with Gasteiger partial charge in [-0.15, -0.1) is 0 Å². The van der Waals surface area contributed by atoms with E-state index >= 15 is 4.39 Å². The number of benzene rings is 1. The summed E-state index contributed by atoms with van der Waals surface area (Å²) in [6, 6.07) is 4.99. The molecular weight excluding hydrogens is 309 g/mol. The zero-order chi connectivity index (χ0) is 17.5. The van der Waals surface area contributed by atoms with E-state index in [2.05, 4.69) is 0 Å². The highest BCUT2D eigenvalue weighted by Gasteiger charge is 2.48. The van der Waals surface area contributed by atoms with Gasteiger partial charge in [0.15, 0.2) is 0 Å². The van der Waals surface area contributed by atoms with E-state index in [1.54, 1.807) is 18.2 Å². The summed E-state index contributed by atoms with van der Waals surface area (Å²) >= 11 is 0. The lowest BCUT2D eigenvalue weighted by Gasteiger charge is -2.27. The van der Waals surface area contributed by atoms with Gasteiger partial charge in [0.05, 0.1) is 0 Å². The van der Waals surface area contributed by atoms with Gasteiger partial charge in [0, 0.05) is 43.9 Å². The molecule has 1 atom stereocenters. The van der Waals surface area contributed by atoms with E-state index in [1.807, 2.05) is 18.7 Å². The lowest BCUT2D eigenvalue weighted by Crippen LogP contribution is -2.47. The third kappa shape index (κ3) is 3.02. The number of hydrogen-bond acceptors (Lipinski definition) is 3. The summed E-state index contributed by atoms with van der Waals surface area (Å²) in [4.78, 5) is 27.6. The molecule has 0 aliphatic carbocycles. The number of alkyl halides is 1. The lowest BCUT2D eigenvalue weighted by molar-refractivity contribution is -0.129. The Morgan fingerprint density at radius 3 is 2.71 bits per heavy atom. The average molecular weight is 332 g/mol. The van der Waals surface area contributed by atoms with Gasteiger partial charge in [-0.3, -0.25) is 14.5 Å². The topological polar surface area (TPSA) is 66.6 Å². The van der Waals surface area contributed by atoms with Crippen molar-refractivity contribution in [3.63, 3.8) is 0 Å². The van der Waals surface area contributed by atoms with Crippen molar-refractivity contribution in [2.45, 2.75) is 32.4 Å². The minimum absolute atomic E-state index is 0.141. The van der Waals surface area contributed by atoms with Gasteiger partial charge >= 0.3 is 0 Å². The van der Waals surface area contributed by atoms with Crippen molar-refractivity contribution in [1.82, 2.24) is 4.90 Å². The van der Waals surface area contributed by atoms with Gasteiger partial charge in [-0.25, -0.2) is 4.39 Å². The molecule has 1 saturated heterocycles. The summed E-state index contributed by atoms with van der Waals surface area (Å²) in [5.41, 5.74) is 5.44. The van der Waals surface area contributed by atoms with Crippen LogP contribution in [0.4, 0.5) is 10.1 Å². The smallest absolute Gasteiger partial charge is 0.266 e. The zero-order valence-electron chi connectivity index (χ0n) is 14.1. The van der Waals surface area contributed by atoms with Crippen molar-refractivity contribution >= 4 is 17.5 Å². The first-order valence-corrected chi connectivity index (χ1v) is 8.25. The summed E-state index contributed by atoms with van der Waals surface area (Å²) in [5, 5.41) is 0. The zero-order valence-corrected chi connectivity index (χ0v) is 14.1. The van der Waals surface area contributed by atoms with Crippen LogP contribution >= 0.6 is 0 Å². The van der Waals surface area contributed by atoms with Crippen LogP contribution in [-0.2, 0) is 11.2 Å². The fourth-order valence-electron chi connectivity index (χ4n) is 3.61. The molecule has 0 saturated carbocycles. The molecule has 2 amide bonds. The fourth-order valence-corrected chi connectivity index (χ4v) is 3.61. The van der Waals surface area contributed by atoms with E-state index in [0.717, 1.165) is 12.1 Å². The minimum Gasteiger partial charge on any atom is -0.366 e. The van der Waals surface area contributed by atoms with Crippen molar-refractivity contribution in [3.05, 3.63) is 35.2 Å². The highest BCUT2D eigenvalue weighted by atomic mass is 19.1. The number of fused-ring (bicyclic) bond motifs is 1. The van der Waals surface area contributed by atoms with Gasteiger partial charge in [0.25, 0.3) is 5.91 Å². The van der Waals surface area contributed by atoms with Crippen molar-refractivity contribution in [3.8, 4) is 0 Å². The molecule has 6 heteroatoms. The number of nitrogens with zero attached hydrogens (tertiary/aromatic N) is 2. The van der Waals surface area contributed by atoms with Gasteiger partial charge in [-0.1, -0.05) is 13.8 Å². The summed E-state index contributed by atoms with van der Waals surface area (Å²) in [6.07, 6.45) is 0.841. The largest absolute Gasteiger partial charge is 0.366 e. The van der Waals surface area contributed by atoms with Crippen molar-refractivity contribution in [1.29, 1.82) is 0 Å². The molecule has 24 heavy (non-hydrogen) atoms. The number of rotatable bonds is 4. The Hall–Kier alpha value is -1.95. The Morgan fingerprint density at radius 1 is 1.29 bits per heavy atom. The third-order valence-corrected chi connectivity index (χ3v) is 4.73. The normalized spacial score (nSPS) is 23.8. The molecular formula is C18H23FN3O2. The first kappa shape index (κ1) is 16.9. The SMILES string of the molecule is C[C](C)CN1CCC(F)(C(=O)N2CCc3cc(C(N)=O)ccc32)C1. The van der Waals surface area contributed by atoms with E-state index in [4.69, 9.17) is 5.73 Å². The molecule has 1 radical (unpaired) electrons. The maximum atomic E-state index is 15.2. The van der Waals surface area contributed by atoms with Crippen LogP contribution in [0.5, 0.6) is 0 Å². The Bertz CT molecular complexity index is 676. The number of likely N-dealkylation sites (tertiary alicyclic amines) is 1. The number of amides is 2. The summed E-state index contributed by atoms with van der Waals surface area (Å²) in [6.45, 7) is 5.91. The molecule has 2 aliphatic heterocycles. The molecule has 5 nitrogen and oxygen atoms in total. The molecule has 2 aliphatic rings.